The molecule has 0 bridgehead atoms. The molecule has 0 unspecified atom stereocenters. The van der Waals surface area contributed by atoms with Crippen LogP contribution in [0.15, 0.2) is 18.2 Å². The van der Waals surface area contributed by atoms with Gasteiger partial charge in [-0.3, -0.25) is 4.79 Å². The minimum atomic E-state index is -0.479. The highest BCUT2D eigenvalue weighted by Gasteiger charge is 2.14. The molecule has 0 saturated heterocycles. The molecule has 0 spiro atoms. The van der Waals surface area contributed by atoms with E-state index >= 15 is 0 Å². The molecule has 4 nitrogen and oxygen atoms in total. The van der Waals surface area contributed by atoms with Gasteiger partial charge in [-0.1, -0.05) is 12.1 Å². The molecule has 0 aromatic heterocycles. The third-order valence-corrected chi connectivity index (χ3v) is 2.79. The van der Waals surface area contributed by atoms with Gasteiger partial charge in [0.2, 0.25) is 0 Å². The first kappa shape index (κ1) is 15.2. The summed E-state index contributed by atoms with van der Waals surface area (Å²) in [5, 5.41) is 8.73. The van der Waals surface area contributed by atoms with Crippen molar-refractivity contribution in [3.63, 3.8) is 0 Å². The Morgan fingerprint density at radius 2 is 2.16 bits per heavy atom. The molecule has 1 aromatic rings. The van der Waals surface area contributed by atoms with Gasteiger partial charge in [-0.15, -0.1) is 11.6 Å². The molecule has 0 heterocycles. The topological polar surface area (TPSA) is 67.2 Å². The summed E-state index contributed by atoms with van der Waals surface area (Å²) in [7, 11) is 0. The van der Waals surface area contributed by atoms with Crippen molar-refractivity contribution in [1.82, 2.24) is 0 Å². The Labute approximate surface area is 116 Å². The molecule has 19 heavy (non-hydrogen) atoms. The van der Waals surface area contributed by atoms with Crippen LogP contribution in [0.5, 0.6) is 0 Å². The molecule has 0 aliphatic heterocycles. The zero-order valence-electron chi connectivity index (χ0n) is 10.6. The van der Waals surface area contributed by atoms with Crippen molar-refractivity contribution in [3.8, 4) is 6.07 Å². The molecule has 0 amide bonds. The average molecular weight is 280 g/mol. The Morgan fingerprint density at radius 1 is 1.42 bits per heavy atom. The van der Waals surface area contributed by atoms with E-state index < -0.39 is 5.97 Å². The number of carbonyl (C=O) groups is 2. The highest BCUT2D eigenvalue weighted by molar-refractivity contribution is 6.27. The second kappa shape index (κ2) is 7.55. The lowest BCUT2D eigenvalue weighted by Gasteiger charge is -2.08. The molecule has 0 radical (unpaired) electrons. The molecule has 0 aliphatic rings. The van der Waals surface area contributed by atoms with Crippen LogP contribution in [0.2, 0.25) is 0 Å². The number of halogens is 1. The number of rotatable bonds is 6. The summed E-state index contributed by atoms with van der Waals surface area (Å²) in [5.41, 5.74) is 1.63. The lowest BCUT2D eigenvalue weighted by atomic mass is 9.99. The molecule has 0 aliphatic carbocycles. The fraction of sp³-hybridized carbons (Fsp3) is 0.357. The molecule has 5 heteroatoms. The molecule has 0 atom stereocenters. The van der Waals surface area contributed by atoms with E-state index in [1.54, 1.807) is 25.1 Å². The summed E-state index contributed by atoms with van der Waals surface area (Å²) < 4.78 is 4.94. The van der Waals surface area contributed by atoms with E-state index in [0.29, 0.717) is 16.7 Å². The molecule has 0 N–H and O–H groups in total. The van der Waals surface area contributed by atoms with Gasteiger partial charge in [0.15, 0.2) is 5.78 Å². The fourth-order valence-corrected chi connectivity index (χ4v) is 1.74. The van der Waals surface area contributed by atoms with Crippen molar-refractivity contribution in [1.29, 1.82) is 5.26 Å². The molecule has 0 fully saturated rings. The van der Waals surface area contributed by atoms with Crippen LogP contribution < -0.4 is 0 Å². The fourth-order valence-electron chi connectivity index (χ4n) is 1.65. The predicted octanol–water partition coefficient (Wildman–Crippen LogP) is 2.28. The van der Waals surface area contributed by atoms with Crippen LogP contribution in [0.4, 0.5) is 0 Å². The highest BCUT2D eigenvalue weighted by Crippen LogP contribution is 2.15. The summed E-state index contributed by atoms with van der Waals surface area (Å²) in [6.07, 6.45) is 0.292. The van der Waals surface area contributed by atoms with Crippen molar-refractivity contribution < 1.29 is 14.3 Å². The normalized spacial score (nSPS) is 9.74. The van der Waals surface area contributed by atoms with E-state index in [1.807, 2.05) is 6.07 Å². The maximum Gasteiger partial charge on any atom is 0.338 e. The van der Waals surface area contributed by atoms with Crippen LogP contribution in [0.3, 0.4) is 0 Å². The first-order valence-electron chi connectivity index (χ1n) is 5.85. The third-order valence-electron chi connectivity index (χ3n) is 2.49. The van der Waals surface area contributed by atoms with Crippen molar-refractivity contribution in [2.24, 2.45) is 0 Å². The second-order valence-electron chi connectivity index (χ2n) is 3.90. The van der Waals surface area contributed by atoms with E-state index in [9.17, 15) is 9.59 Å². The average Bonchev–Trinajstić information content (AvgIpc) is 2.40. The Hall–Kier alpha value is -1.86. The number of esters is 1. The first-order valence-corrected chi connectivity index (χ1v) is 6.39. The number of ether oxygens (including phenoxy) is 1. The van der Waals surface area contributed by atoms with E-state index in [2.05, 4.69) is 0 Å². The standard InChI is InChI=1S/C14H14ClNO3/c1-2-19-14(18)13-8-10(7-12(17)9-15)3-4-11(13)5-6-16/h3-4,8H,2,5,7,9H2,1H3. The number of alkyl halides is 1. The largest absolute Gasteiger partial charge is 0.462 e. The summed E-state index contributed by atoms with van der Waals surface area (Å²) in [6.45, 7) is 1.97. The Kier molecular flexibility index (Phi) is 6.04. The molecular formula is C14H14ClNO3. The van der Waals surface area contributed by atoms with Gasteiger partial charge in [0.25, 0.3) is 0 Å². The Bertz CT molecular complexity index is 520. The zero-order valence-corrected chi connectivity index (χ0v) is 11.4. The van der Waals surface area contributed by atoms with Gasteiger partial charge in [-0.05, 0) is 24.1 Å². The zero-order chi connectivity index (χ0) is 14.3. The summed E-state index contributed by atoms with van der Waals surface area (Å²) in [6, 6.07) is 6.98. The van der Waals surface area contributed by atoms with Gasteiger partial charge in [-0.2, -0.15) is 5.26 Å². The summed E-state index contributed by atoms with van der Waals surface area (Å²) in [4.78, 5) is 23.1. The first-order chi connectivity index (χ1) is 9.12. The number of ketones is 1. The second-order valence-corrected chi connectivity index (χ2v) is 4.16. The molecule has 0 saturated carbocycles. The van der Waals surface area contributed by atoms with Crippen LogP contribution in [-0.2, 0) is 22.4 Å². The summed E-state index contributed by atoms with van der Waals surface area (Å²) in [5.74, 6) is -0.660. The number of Topliss-reactive ketones (excluding diaryl/α,β-unsaturated/α-hetero) is 1. The van der Waals surface area contributed by atoms with E-state index in [0.717, 1.165) is 0 Å². The lowest BCUT2D eigenvalue weighted by Crippen LogP contribution is -2.10. The van der Waals surface area contributed by atoms with Crippen molar-refractivity contribution in [3.05, 3.63) is 34.9 Å². The van der Waals surface area contributed by atoms with Crippen LogP contribution in [0.1, 0.15) is 28.4 Å². The van der Waals surface area contributed by atoms with Crippen LogP contribution in [-0.4, -0.2) is 24.2 Å². The minimum absolute atomic E-state index is 0.0608. The van der Waals surface area contributed by atoms with Gasteiger partial charge in [0.05, 0.1) is 30.5 Å². The minimum Gasteiger partial charge on any atom is -0.462 e. The van der Waals surface area contributed by atoms with Crippen molar-refractivity contribution in [2.75, 3.05) is 12.5 Å². The van der Waals surface area contributed by atoms with E-state index in [1.165, 1.54) is 0 Å². The molecular weight excluding hydrogens is 266 g/mol. The SMILES string of the molecule is CCOC(=O)c1cc(CC(=O)CCl)ccc1CC#N. The quantitative estimate of drug-likeness (QED) is 0.592. The smallest absolute Gasteiger partial charge is 0.338 e. The lowest BCUT2D eigenvalue weighted by molar-refractivity contribution is -0.116. The number of hydrogen-bond acceptors (Lipinski definition) is 4. The molecule has 100 valence electrons. The van der Waals surface area contributed by atoms with Gasteiger partial charge in [-0.25, -0.2) is 4.79 Å². The van der Waals surface area contributed by atoms with Crippen LogP contribution in [0.25, 0.3) is 0 Å². The number of nitrogens with zero attached hydrogens (tertiary/aromatic N) is 1. The van der Waals surface area contributed by atoms with Gasteiger partial charge >= 0.3 is 5.97 Å². The number of hydrogen-bond donors (Lipinski definition) is 0. The van der Waals surface area contributed by atoms with Gasteiger partial charge < -0.3 is 4.74 Å². The predicted molar refractivity (Wildman–Crippen MR) is 71.1 cm³/mol. The van der Waals surface area contributed by atoms with Gasteiger partial charge in [0, 0.05) is 6.42 Å². The third kappa shape index (κ3) is 4.38. The number of benzene rings is 1. The maximum atomic E-state index is 11.8. The number of nitriles is 1. The van der Waals surface area contributed by atoms with Crippen molar-refractivity contribution in [2.45, 2.75) is 19.8 Å². The molecule has 1 aromatic carbocycles. The van der Waals surface area contributed by atoms with E-state index in [-0.39, 0.29) is 31.1 Å². The summed E-state index contributed by atoms with van der Waals surface area (Å²) >= 11 is 5.45. The Morgan fingerprint density at radius 3 is 2.74 bits per heavy atom. The monoisotopic (exact) mass is 279 g/mol. The van der Waals surface area contributed by atoms with Crippen LogP contribution in [0, 0.1) is 11.3 Å². The Balaban J connectivity index is 3.07. The maximum absolute atomic E-state index is 11.8. The van der Waals surface area contributed by atoms with Crippen LogP contribution >= 0.6 is 11.6 Å². The highest BCUT2D eigenvalue weighted by atomic mass is 35.5. The molecule has 1 rings (SSSR count). The van der Waals surface area contributed by atoms with Gasteiger partial charge in [0.1, 0.15) is 0 Å². The number of carbonyl (C=O) groups excluding carboxylic acids is 2. The van der Waals surface area contributed by atoms with E-state index in [4.69, 9.17) is 21.6 Å². The van der Waals surface area contributed by atoms with Crippen molar-refractivity contribution >= 4 is 23.4 Å².